The number of imidazole rings is 1. The number of nitrogens with one attached hydrogen (secondary N) is 1. The predicted octanol–water partition coefficient (Wildman–Crippen LogP) is -2.64. The zero-order valence-corrected chi connectivity index (χ0v) is 12.3. The minimum atomic E-state index is -3.11. The third kappa shape index (κ3) is 2.83. The van der Waals surface area contributed by atoms with Crippen molar-refractivity contribution in [3.05, 3.63) is 16.7 Å². The van der Waals surface area contributed by atoms with Gasteiger partial charge in [-0.15, -0.1) is 4.52 Å². The second-order valence-electron chi connectivity index (χ2n) is 4.84. The lowest BCUT2D eigenvalue weighted by atomic mass is 10.1. The number of nitrogens with two attached hydrogens (primary N) is 1. The van der Waals surface area contributed by atoms with Crippen molar-refractivity contribution in [2.24, 2.45) is 0 Å². The molecule has 0 aromatic carbocycles. The molecule has 2 aromatic rings. The number of aromatic amines is 1. The number of nitrogen functional groups attached to an aromatic ring is 1. The molecule has 1 aliphatic heterocycles. The Balaban J connectivity index is 1.93. The number of fused-ring (bicyclic) bond motifs is 1. The van der Waals surface area contributed by atoms with Gasteiger partial charge in [-0.25, -0.2) is 4.98 Å². The molecule has 124 valence electrons. The van der Waals surface area contributed by atoms with E-state index >= 15 is 0 Å². The molecule has 0 amide bonds. The van der Waals surface area contributed by atoms with Crippen LogP contribution in [0.5, 0.6) is 0 Å². The largest absolute Gasteiger partial charge is 0.566 e. The number of anilines is 1. The fraction of sp³-hybridized carbons (Fsp3) is 0.500. The van der Waals surface area contributed by atoms with Crippen molar-refractivity contribution in [1.29, 1.82) is 0 Å². The Morgan fingerprint density at radius 3 is 2.96 bits per heavy atom. The van der Waals surface area contributed by atoms with Gasteiger partial charge in [0, 0.05) is 0 Å². The van der Waals surface area contributed by atoms with E-state index in [4.69, 9.17) is 10.5 Å². The van der Waals surface area contributed by atoms with Crippen LogP contribution in [0.2, 0.25) is 0 Å². The third-order valence-electron chi connectivity index (χ3n) is 3.41. The molecule has 3 heterocycles. The van der Waals surface area contributed by atoms with Crippen molar-refractivity contribution < 1.29 is 28.9 Å². The van der Waals surface area contributed by atoms with Gasteiger partial charge in [-0.1, -0.05) is 0 Å². The van der Waals surface area contributed by atoms with E-state index in [1.807, 2.05) is 0 Å². The molecule has 1 fully saturated rings. The number of aliphatic hydroxyl groups excluding tert-OH is 2. The van der Waals surface area contributed by atoms with E-state index in [1.165, 1.54) is 10.9 Å². The first-order valence-electron chi connectivity index (χ1n) is 6.39. The van der Waals surface area contributed by atoms with Crippen molar-refractivity contribution in [3.63, 3.8) is 0 Å². The third-order valence-corrected chi connectivity index (χ3v) is 3.77. The topological polar surface area (TPSA) is 189 Å². The summed E-state index contributed by atoms with van der Waals surface area (Å²) in [4.78, 5) is 32.2. The van der Waals surface area contributed by atoms with Gasteiger partial charge in [0.05, 0.1) is 6.33 Å². The maximum atomic E-state index is 11.7. The van der Waals surface area contributed by atoms with E-state index < -0.39 is 45.0 Å². The standard InChI is InChI=1S/C10H12N5O7P/c11-10-13-7-4(8(18)14-10)12-2-15(7)9-6(17)5(16)3(22-9)1-21-23(19)20/h2-3,5-6,9,16-17H,1H2,(H3,11,13,14,18)/t3-,5-,6-,9?/m1/s1. The lowest BCUT2D eigenvalue weighted by Crippen LogP contribution is -2.33. The highest BCUT2D eigenvalue weighted by Gasteiger charge is 2.45. The average molecular weight is 345 g/mol. The number of aliphatic hydroxyl groups is 2. The highest BCUT2D eigenvalue weighted by Crippen LogP contribution is 2.32. The summed E-state index contributed by atoms with van der Waals surface area (Å²) in [5.41, 5.74) is 4.94. The van der Waals surface area contributed by atoms with Crippen molar-refractivity contribution in [2.45, 2.75) is 24.5 Å². The first-order valence-corrected chi connectivity index (χ1v) is 7.49. The van der Waals surface area contributed by atoms with Crippen LogP contribution in [0.25, 0.3) is 11.2 Å². The monoisotopic (exact) mass is 345 g/mol. The minimum absolute atomic E-state index is 0.0215. The van der Waals surface area contributed by atoms with E-state index in [1.54, 1.807) is 0 Å². The Morgan fingerprint density at radius 2 is 2.26 bits per heavy atom. The molecule has 23 heavy (non-hydrogen) atoms. The molecule has 5 N–H and O–H groups in total. The predicted molar refractivity (Wildman–Crippen MR) is 72.0 cm³/mol. The second kappa shape index (κ2) is 5.92. The molecule has 5 atom stereocenters. The van der Waals surface area contributed by atoms with Crippen molar-refractivity contribution in [1.82, 2.24) is 19.5 Å². The first-order chi connectivity index (χ1) is 10.9. The quantitative estimate of drug-likeness (QED) is 0.426. The van der Waals surface area contributed by atoms with Gasteiger partial charge in [0.2, 0.25) is 5.95 Å². The zero-order chi connectivity index (χ0) is 16.7. The number of hydrogen-bond donors (Lipinski definition) is 4. The smallest absolute Gasteiger partial charge is 0.488 e. The molecule has 1 saturated heterocycles. The molecule has 0 aliphatic carbocycles. The van der Waals surface area contributed by atoms with Gasteiger partial charge in [-0.2, -0.15) is 4.98 Å². The summed E-state index contributed by atoms with van der Waals surface area (Å²) in [7, 11) is -3.11. The SMILES string of the molecule is Nc1nc2c(ncn2C2O[C@H](CO[P+](=O)[O-])[C@@H](O)[C@H]2O)c(=O)[nH]1. The highest BCUT2D eigenvalue weighted by atomic mass is 31.1. The Kier molecular flexibility index (Phi) is 4.10. The van der Waals surface area contributed by atoms with Gasteiger partial charge >= 0.3 is 8.25 Å². The van der Waals surface area contributed by atoms with Gasteiger partial charge in [-0.3, -0.25) is 14.3 Å². The second-order valence-corrected chi connectivity index (χ2v) is 5.55. The number of hydrogen-bond acceptors (Lipinski definition) is 10. The van der Waals surface area contributed by atoms with E-state index in [-0.39, 0.29) is 17.1 Å². The molecule has 2 unspecified atom stereocenters. The molecule has 0 saturated carbocycles. The van der Waals surface area contributed by atoms with Crippen LogP contribution in [-0.4, -0.2) is 54.7 Å². The molecule has 2 aromatic heterocycles. The molecule has 12 nitrogen and oxygen atoms in total. The van der Waals surface area contributed by atoms with Gasteiger partial charge in [0.1, 0.15) is 24.9 Å². The van der Waals surface area contributed by atoms with Gasteiger partial charge in [-0.05, 0) is 4.57 Å². The van der Waals surface area contributed by atoms with Crippen LogP contribution in [-0.2, 0) is 13.8 Å². The molecule has 3 rings (SSSR count). The summed E-state index contributed by atoms with van der Waals surface area (Å²) in [6.45, 7) is -0.462. The Morgan fingerprint density at radius 1 is 1.52 bits per heavy atom. The summed E-state index contributed by atoms with van der Waals surface area (Å²) in [6, 6.07) is 0. The molecular formula is C10H12N5O7P. The fourth-order valence-corrected chi connectivity index (χ4v) is 2.63. The number of ether oxygens (including phenoxy) is 1. The Bertz CT molecular complexity index is 806. The van der Waals surface area contributed by atoms with Crippen LogP contribution in [0.1, 0.15) is 6.23 Å². The maximum absolute atomic E-state index is 11.7. The number of nitrogens with zero attached hydrogens (tertiary/aromatic N) is 3. The summed E-state index contributed by atoms with van der Waals surface area (Å²) >= 11 is 0. The van der Waals surface area contributed by atoms with Gasteiger partial charge in [0.15, 0.2) is 17.4 Å². The van der Waals surface area contributed by atoms with Crippen LogP contribution >= 0.6 is 8.25 Å². The highest BCUT2D eigenvalue weighted by molar-refractivity contribution is 7.30. The molecular weight excluding hydrogens is 333 g/mol. The van der Waals surface area contributed by atoms with Crippen molar-refractivity contribution >= 4 is 25.4 Å². The summed E-state index contributed by atoms with van der Waals surface area (Å²) in [5.74, 6) is -0.152. The normalized spacial score (nSPS) is 28.4. The molecule has 0 spiro atoms. The van der Waals surface area contributed by atoms with E-state index in [9.17, 15) is 24.5 Å². The van der Waals surface area contributed by atoms with Crippen LogP contribution in [0.4, 0.5) is 5.95 Å². The minimum Gasteiger partial charge on any atom is -0.566 e. The first kappa shape index (κ1) is 15.9. The van der Waals surface area contributed by atoms with Gasteiger partial charge in [0.25, 0.3) is 5.56 Å². The van der Waals surface area contributed by atoms with E-state index in [0.717, 1.165) is 0 Å². The molecule has 13 heteroatoms. The van der Waals surface area contributed by atoms with E-state index in [2.05, 4.69) is 19.5 Å². The Hall–Kier alpha value is -1.95. The van der Waals surface area contributed by atoms with Crippen LogP contribution in [0, 0.1) is 0 Å². The molecule has 0 bridgehead atoms. The summed E-state index contributed by atoms with van der Waals surface area (Å²) in [6.07, 6.45) is -3.83. The number of aromatic nitrogens is 4. The van der Waals surface area contributed by atoms with Crippen LogP contribution in [0.15, 0.2) is 11.1 Å². The average Bonchev–Trinajstić information content (AvgIpc) is 3.00. The van der Waals surface area contributed by atoms with Crippen LogP contribution in [0.3, 0.4) is 0 Å². The van der Waals surface area contributed by atoms with Crippen molar-refractivity contribution in [3.8, 4) is 0 Å². The number of H-pyrrole nitrogens is 1. The molecule has 1 aliphatic rings. The fourth-order valence-electron chi connectivity index (χ4n) is 2.36. The Labute approximate surface area is 128 Å². The van der Waals surface area contributed by atoms with E-state index in [0.29, 0.717) is 0 Å². The maximum Gasteiger partial charge on any atom is 0.488 e. The number of rotatable bonds is 4. The zero-order valence-electron chi connectivity index (χ0n) is 11.4. The lowest BCUT2D eigenvalue weighted by Gasteiger charge is -2.16. The summed E-state index contributed by atoms with van der Waals surface area (Å²) in [5, 5.41) is 20.0. The van der Waals surface area contributed by atoms with Crippen LogP contribution < -0.4 is 16.2 Å². The van der Waals surface area contributed by atoms with Gasteiger partial charge < -0.3 is 25.6 Å². The summed E-state index contributed by atoms with van der Waals surface area (Å²) < 4.78 is 21.5. The molecule has 0 radical (unpaired) electrons. The van der Waals surface area contributed by atoms with Crippen molar-refractivity contribution in [2.75, 3.05) is 12.3 Å². The lowest BCUT2D eigenvalue weighted by molar-refractivity contribution is -0.188.